The van der Waals surface area contributed by atoms with Gasteiger partial charge in [0.05, 0.1) is 0 Å². The monoisotopic (exact) mass is 472 g/mol. The van der Waals surface area contributed by atoms with Gasteiger partial charge >= 0.3 is 0 Å². The normalized spacial score (nSPS) is 12.0. The van der Waals surface area contributed by atoms with Gasteiger partial charge in [-0.2, -0.15) is 0 Å². The Morgan fingerprint density at radius 1 is 0.886 bits per heavy atom. The van der Waals surface area contributed by atoms with Crippen LogP contribution in [0.1, 0.15) is 43.0 Å². The molecule has 0 unspecified atom stereocenters. The van der Waals surface area contributed by atoms with Crippen molar-refractivity contribution in [2.75, 3.05) is 6.61 Å². The van der Waals surface area contributed by atoms with Gasteiger partial charge in [0.1, 0.15) is 11.8 Å². The Hall–Kier alpha value is -3.60. The molecule has 0 aliphatic carbocycles. The highest BCUT2D eigenvalue weighted by molar-refractivity contribution is 5.89. The molecule has 0 saturated heterocycles. The van der Waals surface area contributed by atoms with Gasteiger partial charge in [0.2, 0.25) is 5.91 Å². The predicted molar refractivity (Wildman–Crippen MR) is 140 cm³/mol. The Morgan fingerprint density at radius 3 is 2.14 bits per heavy atom. The SMILES string of the molecule is Cc1ccc(OCC(=O)N(Cc2ccccc2C)[C@@H](Cc2ccccc2)C(=O)NC(C)(C)C)cc1. The van der Waals surface area contributed by atoms with Gasteiger partial charge < -0.3 is 15.0 Å². The number of hydrogen-bond acceptors (Lipinski definition) is 3. The minimum atomic E-state index is -0.689. The van der Waals surface area contributed by atoms with E-state index in [1.807, 2.05) is 113 Å². The minimum absolute atomic E-state index is 0.150. The van der Waals surface area contributed by atoms with Crippen molar-refractivity contribution >= 4 is 11.8 Å². The molecule has 0 spiro atoms. The van der Waals surface area contributed by atoms with Gasteiger partial charge in [-0.25, -0.2) is 0 Å². The zero-order valence-corrected chi connectivity index (χ0v) is 21.4. The quantitative estimate of drug-likeness (QED) is 0.464. The summed E-state index contributed by atoms with van der Waals surface area (Å²) in [7, 11) is 0. The zero-order chi connectivity index (χ0) is 25.4. The molecular formula is C30H36N2O3. The van der Waals surface area contributed by atoms with Crippen LogP contribution in [0.15, 0.2) is 78.9 Å². The van der Waals surface area contributed by atoms with Crippen LogP contribution < -0.4 is 10.1 Å². The first-order valence-corrected chi connectivity index (χ1v) is 12.0. The first kappa shape index (κ1) is 26.0. The molecule has 0 aliphatic rings. The maximum absolute atomic E-state index is 13.6. The van der Waals surface area contributed by atoms with E-state index >= 15 is 0 Å². The molecule has 1 N–H and O–H groups in total. The number of hydrogen-bond donors (Lipinski definition) is 1. The summed E-state index contributed by atoms with van der Waals surface area (Å²) in [4.78, 5) is 28.8. The third kappa shape index (κ3) is 7.99. The predicted octanol–water partition coefficient (Wildman–Crippen LogP) is 5.24. The first-order chi connectivity index (χ1) is 16.6. The highest BCUT2D eigenvalue weighted by atomic mass is 16.5. The highest BCUT2D eigenvalue weighted by Crippen LogP contribution is 2.19. The molecule has 0 heterocycles. The van der Waals surface area contributed by atoms with Gasteiger partial charge in [0, 0.05) is 18.5 Å². The molecule has 3 rings (SSSR count). The van der Waals surface area contributed by atoms with Crippen LogP contribution in [0.4, 0.5) is 0 Å². The number of amides is 2. The molecule has 0 radical (unpaired) electrons. The molecule has 5 heteroatoms. The van der Waals surface area contributed by atoms with Gasteiger partial charge in [-0.3, -0.25) is 9.59 Å². The fourth-order valence-electron chi connectivity index (χ4n) is 3.84. The van der Waals surface area contributed by atoms with Crippen LogP contribution in [0, 0.1) is 13.8 Å². The Labute approximate surface area is 209 Å². The van der Waals surface area contributed by atoms with Crippen molar-refractivity contribution in [3.05, 3.63) is 101 Å². The Morgan fingerprint density at radius 2 is 1.51 bits per heavy atom. The van der Waals surface area contributed by atoms with E-state index in [1.54, 1.807) is 4.90 Å². The lowest BCUT2D eigenvalue weighted by atomic mass is 10.00. The summed E-state index contributed by atoms with van der Waals surface area (Å²) >= 11 is 0. The van der Waals surface area contributed by atoms with Gasteiger partial charge in [0.15, 0.2) is 6.61 Å². The van der Waals surface area contributed by atoms with Gasteiger partial charge in [0.25, 0.3) is 5.91 Å². The average molecular weight is 473 g/mol. The van der Waals surface area contributed by atoms with Crippen LogP contribution in [0.5, 0.6) is 5.75 Å². The largest absolute Gasteiger partial charge is 0.484 e. The average Bonchev–Trinajstić information content (AvgIpc) is 2.81. The molecule has 35 heavy (non-hydrogen) atoms. The number of ether oxygens (including phenoxy) is 1. The number of benzene rings is 3. The molecule has 0 saturated carbocycles. The summed E-state index contributed by atoms with van der Waals surface area (Å²) in [6, 6.07) is 24.6. The van der Waals surface area contributed by atoms with Crippen LogP contribution >= 0.6 is 0 Å². The molecule has 0 fully saturated rings. The van der Waals surface area contributed by atoms with Gasteiger partial charge in [-0.15, -0.1) is 0 Å². The number of carbonyl (C=O) groups is 2. The molecule has 0 aromatic heterocycles. The molecule has 184 valence electrons. The lowest BCUT2D eigenvalue weighted by molar-refractivity contribution is -0.143. The molecule has 2 amide bonds. The van der Waals surface area contributed by atoms with Crippen LogP contribution in [0.25, 0.3) is 0 Å². The molecular weight excluding hydrogens is 436 g/mol. The van der Waals surface area contributed by atoms with E-state index in [1.165, 1.54) is 0 Å². The van der Waals surface area contributed by atoms with Gasteiger partial charge in [-0.05, 0) is 63.4 Å². The van der Waals surface area contributed by atoms with Crippen molar-refractivity contribution in [2.45, 2.75) is 59.2 Å². The van der Waals surface area contributed by atoms with E-state index in [2.05, 4.69) is 5.32 Å². The van der Waals surface area contributed by atoms with Crippen molar-refractivity contribution in [3.63, 3.8) is 0 Å². The van der Waals surface area contributed by atoms with Crippen molar-refractivity contribution in [3.8, 4) is 5.75 Å². The van der Waals surface area contributed by atoms with Crippen molar-refractivity contribution in [1.29, 1.82) is 0 Å². The topological polar surface area (TPSA) is 58.6 Å². The summed E-state index contributed by atoms with van der Waals surface area (Å²) in [6.45, 7) is 10.0. The lowest BCUT2D eigenvalue weighted by Crippen LogP contribution is -2.55. The molecule has 5 nitrogen and oxygen atoms in total. The first-order valence-electron chi connectivity index (χ1n) is 12.0. The second-order valence-electron chi connectivity index (χ2n) is 9.99. The lowest BCUT2D eigenvalue weighted by Gasteiger charge is -2.34. The Bertz CT molecular complexity index is 1120. The second kappa shape index (κ2) is 11.7. The van der Waals surface area contributed by atoms with E-state index in [0.29, 0.717) is 18.7 Å². The van der Waals surface area contributed by atoms with E-state index < -0.39 is 11.6 Å². The van der Waals surface area contributed by atoms with E-state index in [-0.39, 0.29) is 18.4 Å². The summed E-state index contributed by atoms with van der Waals surface area (Å²) in [5.74, 6) is 0.205. The van der Waals surface area contributed by atoms with Crippen molar-refractivity contribution in [1.82, 2.24) is 10.2 Å². The molecule has 0 bridgehead atoms. The molecule has 3 aromatic rings. The fraction of sp³-hybridized carbons (Fsp3) is 0.333. The number of rotatable bonds is 9. The number of nitrogens with one attached hydrogen (secondary N) is 1. The third-order valence-electron chi connectivity index (χ3n) is 5.75. The van der Waals surface area contributed by atoms with E-state index in [0.717, 1.165) is 22.3 Å². The van der Waals surface area contributed by atoms with E-state index in [4.69, 9.17) is 4.74 Å². The minimum Gasteiger partial charge on any atom is -0.484 e. The summed E-state index contributed by atoms with van der Waals surface area (Å²) in [5, 5.41) is 3.08. The number of nitrogens with zero attached hydrogens (tertiary/aromatic N) is 1. The maximum atomic E-state index is 13.6. The van der Waals surface area contributed by atoms with Crippen LogP contribution in [0.3, 0.4) is 0 Å². The second-order valence-corrected chi connectivity index (χ2v) is 9.99. The van der Waals surface area contributed by atoms with Crippen molar-refractivity contribution in [2.24, 2.45) is 0 Å². The standard InChI is InChI=1S/C30H36N2O3/c1-22-15-17-26(18-16-22)35-21-28(33)32(20-25-14-10-9-11-23(25)2)27(29(34)31-30(3,4)5)19-24-12-7-6-8-13-24/h6-18,27H,19-21H2,1-5H3,(H,31,34)/t27-/m0/s1. The highest BCUT2D eigenvalue weighted by Gasteiger charge is 2.32. The fourth-order valence-corrected chi connectivity index (χ4v) is 3.84. The zero-order valence-electron chi connectivity index (χ0n) is 21.4. The molecule has 3 aromatic carbocycles. The maximum Gasteiger partial charge on any atom is 0.261 e. The Balaban J connectivity index is 1.93. The van der Waals surface area contributed by atoms with E-state index in [9.17, 15) is 9.59 Å². The third-order valence-corrected chi connectivity index (χ3v) is 5.75. The summed E-state index contributed by atoms with van der Waals surface area (Å²) < 4.78 is 5.83. The van der Waals surface area contributed by atoms with Gasteiger partial charge in [-0.1, -0.05) is 72.3 Å². The molecule has 1 atom stereocenters. The van der Waals surface area contributed by atoms with Crippen LogP contribution in [-0.2, 0) is 22.6 Å². The summed E-state index contributed by atoms with van der Waals surface area (Å²) in [5.41, 5.74) is 3.74. The van der Waals surface area contributed by atoms with Crippen LogP contribution in [0.2, 0.25) is 0 Å². The molecule has 0 aliphatic heterocycles. The number of aryl methyl sites for hydroxylation is 2. The Kier molecular flexibility index (Phi) is 8.69. The number of carbonyl (C=O) groups excluding carboxylic acids is 2. The summed E-state index contributed by atoms with van der Waals surface area (Å²) in [6.07, 6.45) is 0.408. The van der Waals surface area contributed by atoms with Crippen molar-refractivity contribution < 1.29 is 14.3 Å². The van der Waals surface area contributed by atoms with Crippen LogP contribution in [-0.4, -0.2) is 34.9 Å². The smallest absolute Gasteiger partial charge is 0.261 e.